The van der Waals surface area contributed by atoms with Crippen LogP contribution in [0.25, 0.3) is 0 Å². The van der Waals surface area contributed by atoms with E-state index in [4.69, 9.17) is 5.73 Å². The fourth-order valence-corrected chi connectivity index (χ4v) is 1.91. The van der Waals surface area contributed by atoms with E-state index in [2.05, 4.69) is 18.7 Å². The molecule has 96 valence electrons. The quantitative estimate of drug-likeness (QED) is 0.791. The molecule has 0 fully saturated rings. The molecule has 0 aliphatic rings. The summed E-state index contributed by atoms with van der Waals surface area (Å²) in [5.74, 6) is 0.413. The fraction of sp³-hybridized carbons (Fsp3) is 0.571. The largest absolute Gasteiger partial charge is 0.369 e. The molecule has 1 aromatic rings. The number of rotatable bonds is 7. The second-order valence-corrected chi connectivity index (χ2v) is 4.51. The van der Waals surface area contributed by atoms with E-state index in [1.54, 1.807) is 6.07 Å². The molecule has 1 rings (SSSR count). The number of hydrogen-bond donors (Lipinski definition) is 1. The van der Waals surface area contributed by atoms with Gasteiger partial charge in [-0.25, -0.2) is 4.39 Å². The zero-order valence-electron chi connectivity index (χ0n) is 10.8. The summed E-state index contributed by atoms with van der Waals surface area (Å²) in [4.78, 5) is 2.08. The number of para-hydroxylation sites is 1. The van der Waals surface area contributed by atoms with Gasteiger partial charge in [-0.05, 0) is 44.4 Å². The van der Waals surface area contributed by atoms with Gasteiger partial charge in [-0.15, -0.1) is 0 Å². The normalized spacial score (nSPS) is 12.5. The molecule has 0 saturated heterocycles. The van der Waals surface area contributed by atoms with Crippen LogP contribution in [0.4, 0.5) is 10.1 Å². The van der Waals surface area contributed by atoms with Gasteiger partial charge < -0.3 is 10.6 Å². The molecule has 2 N–H and O–H groups in total. The predicted molar refractivity (Wildman–Crippen MR) is 71.7 cm³/mol. The summed E-state index contributed by atoms with van der Waals surface area (Å²) < 4.78 is 13.6. The molecule has 0 radical (unpaired) electrons. The van der Waals surface area contributed by atoms with E-state index in [1.807, 2.05) is 12.1 Å². The van der Waals surface area contributed by atoms with Crippen molar-refractivity contribution in [1.29, 1.82) is 0 Å². The minimum atomic E-state index is -0.138. The summed E-state index contributed by atoms with van der Waals surface area (Å²) in [5, 5.41) is 0. The predicted octanol–water partition coefficient (Wildman–Crippen LogP) is 3.03. The summed E-state index contributed by atoms with van der Waals surface area (Å²) >= 11 is 0. The summed E-state index contributed by atoms with van der Waals surface area (Å²) in [6.07, 6.45) is 2.15. The van der Waals surface area contributed by atoms with Crippen molar-refractivity contribution < 1.29 is 4.39 Å². The van der Waals surface area contributed by atoms with Crippen LogP contribution in [0.1, 0.15) is 26.7 Å². The lowest BCUT2D eigenvalue weighted by Gasteiger charge is -2.24. The minimum absolute atomic E-state index is 0.138. The van der Waals surface area contributed by atoms with Crippen LogP contribution in [-0.2, 0) is 0 Å². The molecular formula is C14H23FN2. The first-order chi connectivity index (χ1) is 8.19. The maximum atomic E-state index is 13.6. The van der Waals surface area contributed by atoms with E-state index in [9.17, 15) is 4.39 Å². The van der Waals surface area contributed by atoms with Crippen molar-refractivity contribution in [1.82, 2.24) is 0 Å². The molecule has 3 heteroatoms. The smallest absolute Gasteiger partial charge is 0.146 e. The summed E-state index contributed by atoms with van der Waals surface area (Å²) in [6.45, 7) is 6.66. The van der Waals surface area contributed by atoms with E-state index in [0.717, 1.165) is 32.5 Å². The first-order valence-electron chi connectivity index (χ1n) is 6.38. The molecule has 17 heavy (non-hydrogen) atoms. The number of halogens is 1. The summed E-state index contributed by atoms with van der Waals surface area (Å²) in [5.41, 5.74) is 6.29. The van der Waals surface area contributed by atoms with Crippen molar-refractivity contribution in [3.8, 4) is 0 Å². The third kappa shape index (κ3) is 4.35. The minimum Gasteiger partial charge on any atom is -0.369 e. The highest BCUT2D eigenvalue weighted by Crippen LogP contribution is 2.19. The Morgan fingerprint density at radius 3 is 2.65 bits per heavy atom. The Hall–Kier alpha value is -1.09. The van der Waals surface area contributed by atoms with Crippen molar-refractivity contribution in [2.45, 2.75) is 26.7 Å². The monoisotopic (exact) mass is 238 g/mol. The first kappa shape index (κ1) is 14.0. The lowest BCUT2D eigenvalue weighted by Crippen LogP contribution is -2.25. The molecule has 0 saturated carbocycles. The van der Waals surface area contributed by atoms with E-state index in [-0.39, 0.29) is 5.82 Å². The van der Waals surface area contributed by atoms with Crippen LogP contribution >= 0.6 is 0 Å². The Morgan fingerprint density at radius 1 is 1.35 bits per heavy atom. The molecule has 0 amide bonds. The van der Waals surface area contributed by atoms with Gasteiger partial charge in [-0.3, -0.25) is 0 Å². The molecule has 2 nitrogen and oxygen atoms in total. The van der Waals surface area contributed by atoms with E-state index in [1.165, 1.54) is 6.07 Å². The van der Waals surface area contributed by atoms with Gasteiger partial charge in [0.25, 0.3) is 0 Å². The Balaban J connectivity index is 2.52. The van der Waals surface area contributed by atoms with Crippen molar-refractivity contribution in [3.63, 3.8) is 0 Å². The van der Waals surface area contributed by atoms with E-state index < -0.39 is 0 Å². The average molecular weight is 238 g/mol. The van der Waals surface area contributed by atoms with Gasteiger partial charge in [0.1, 0.15) is 5.82 Å². The Kier molecular flexibility index (Phi) is 5.98. The van der Waals surface area contributed by atoms with Crippen LogP contribution < -0.4 is 10.6 Å². The third-order valence-electron chi connectivity index (χ3n) is 3.10. The van der Waals surface area contributed by atoms with Crippen LogP contribution in [0.15, 0.2) is 24.3 Å². The number of nitrogens with two attached hydrogens (primary N) is 1. The zero-order chi connectivity index (χ0) is 12.7. The van der Waals surface area contributed by atoms with Gasteiger partial charge in [0.2, 0.25) is 0 Å². The lowest BCUT2D eigenvalue weighted by atomic mass is 10.1. The van der Waals surface area contributed by atoms with Gasteiger partial charge in [0, 0.05) is 13.1 Å². The Labute approximate surface area is 104 Å². The number of nitrogens with zero attached hydrogens (tertiary/aromatic N) is 1. The van der Waals surface area contributed by atoms with Crippen LogP contribution in [0.3, 0.4) is 0 Å². The van der Waals surface area contributed by atoms with Crippen molar-refractivity contribution in [2.24, 2.45) is 11.7 Å². The molecule has 0 aliphatic heterocycles. The highest BCUT2D eigenvalue weighted by Gasteiger charge is 2.09. The van der Waals surface area contributed by atoms with Crippen molar-refractivity contribution >= 4 is 5.69 Å². The number of anilines is 1. The molecule has 0 heterocycles. The molecule has 0 spiro atoms. The van der Waals surface area contributed by atoms with E-state index >= 15 is 0 Å². The molecule has 0 bridgehead atoms. The molecule has 0 aliphatic carbocycles. The van der Waals surface area contributed by atoms with Gasteiger partial charge in [-0.2, -0.15) is 0 Å². The van der Waals surface area contributed by atoms with Crippen molar-refractivity contribution in [2.75, 3.05) is 24.5 Å². The van der Waals surface area contributed by atoms with Crippen LogP contribution in [0.5, 0.6) is 0 Å². The maximum absolute atomic E-state index is 13.6. The van der Waals surface area contributed by atoms with Crippen LogP contribution in [0, 0.1) is 11.7 Å². The van der Waals surface area contributed by atoms with Crippen molar-refractivity contribution in [3.05, 3.63) is 30.1 Å². The highest BCUT2D eigenvalue weighted by atomic mass is 19.1. The van der Waals surface area contributed by atoms with Gasteiger partial charge in [-0.1, -0.05) is 19.1 Å². The molecule has 1 unspecified atom stereocenters. The lowest BCUT2D eigenvalue weighted by molar-refractivity contribution is 0.516. The molecular weight excluding hydrogens is 215 g/mol. The number of hydrogen-bond acceptors (Lipinski definition) is 2. The Morgan fingerprint density at radius 2 is 2.06 bits per heavy atom. The highest BCUT2D eigenvalue weighted by molar-refractivity contribution is 5.47. The van der Waals surface area contributed by atoms with E-state index in [0.29, 0.717) is 11.6 Å². The fourth-order valence-electron chi connectivity index (χ4n) is 1.91. The summed E-state index contributed by atoms with van der Waals surface area (Å²) in [7, 11) is 0. The molecule has 0 aromatic heterocycles. The molecule has 1 atom stereocenters. The molecule has 1 aromatic carbocycles. The third-order valence-corrected chi connectivity index (χ3v) is 3.10. The maximum Gasteiger partial charge on any atom is 0.146 e. The second-order valence-electron chi connectivity index (χ2n) is 4.51. The SMILES string of the molecule is CCN(CCCC(C)CN)c1ccccc1F. The number of benzene rings is 1. The zero-order valence-corrected chi connectivity index (χ0v) is 10.8. The van der Waals surface area contributed by atoms with Gasteiger partial charge >= 0.3 is 0 Å². The second kappa shape index (κ2) is 7.28. The standard InChI is InChI=1S/C14H23FN2/c1-3-17(10-6-7-12(2)11-16)14-9-5-4-8-13(14)15/h4-5,8-9,12H,3,6-7,10-11,16H2,1-2H3. The average Bonchev–Trinajstić information content (AvgIpc) is 2.35. The van der Waals surface area contributed by atoms with Gasteiger partial charge in [0.15, 0.2) is 0 Å². The van der Waals surface area contributed by atoms with Crippen LogP contribution in [-0.4, -0.2) is 19.6 Å². The first-order valence-corrected chi connectivity index (χ1v) is 6.38. The summed E-state index contributed by atoms with van der Waals surface area (Å²) in [6, 6.07) is 6.96. The topological polar surface area (TPSA) is 29.3 Å². The van der Waals surface area contributed by atoms with Gasteiger partial charge in [0.05, 0.1) is 5.69 Å². The Bertz CT molecular complexity index is 328. The van der Waals surface area contributed by atoms with Crippen LogP contribution in [0.2, 0.25) is 0 Å².